The molecule has 1 fully saturated rings. The molecule has 0 aliphatic heterocycles. The number of aromatic nitrogens is 2. The van der Waals surface area contributed by atoms with Gasteiger partial charge in [-0.25, -0.2) is 4.98 Å². The predicted octanol–water partition coefficient (Wildman–Crippen LogP) is 3.55. The Balaban J connectivity index is 1.40. The maximum Gasteiger partial charge on any atom is 0.247 e. The highest BCUT2D eigenvalue weighted by Crippen LogP contribution is 2.28. The van der Waals surface area contributed by atoms with E-state index < -0.39 is 6.04 Å². The van der Waals surface area contributed by atoms with Gasteiger partial charge in [0.1, 0.15) is 24.0 Å². The summed E-state index contributed by atoms with van der Waals surface area (Å²) < 4.78 is 7.82. The van der Waals surface area contributed by atoms with Gasteiger partial charge in [0, 0.05) is 31.1 Å². The number of carbonyl (C=O) groups excluding carboxylic acids is 2. The van der Waals surface area contributed by atoms with Gasteiger partial charge in [-0.1, -0.05) is 25.0 Å². The number of hydrogen-bond acceptors (Lipinski definition) is 4. The van der Waals surface area contributed by atoms with E-state index in [1.54, 1.807) is 6.07 Å². The second-order valence-electron chi connectivity index (χ2n) is 7.73. The van der Waals surface area contributed by atoms with Gasteiger partial charge in [-0.15, -0.1) is 0 Å². The summed E-state index contributed by atoms with van der Waals surface area (Å²) >= 11 is 0. The molecule has 0 bridgehead atoms. The monoisotopic (exact) mass is 406 g/mol. The minimum absolute atomic E-state index is 0.184. The largest absolute Gasteiger partial charge is 0.487 e. The van der Waals surface area contributed by atoms with Gasteiger partial charge in [0.05, 0.1) is 5.69 Å². The van der Waals surface area contributed by atoms with E-state index in [9.17, 15) is 9.59 Å². The molecule has 0 spiro atoms. The summed E-state index contributed by atoms with van der Waals surface area (Å²) in [6, 6.07) is 12.6. The lowest BCUT2D eigenvalue weighted by Gasteiger charge is -2.23. The molecule has 2 amide bonds. The van der Waals surface area contributed by atoms with Crippen molar-refractivity contribution in [3.05, 3.63) is 60.6 Å². The average Bonchev–Trinajstić information content (AvgIpc) is 3.40. The highest BCUT2D eigenvalue weighted by molar-refractivity contribution is 5.97. The third kappa shape index (κ3) is 4.79. The van der Waals surface area contributed by atoms with Gasteiger partial charge in [0.15, 0.2) is 0 Å². The Labute approximate surface area is 175 Å². The van der Waals surface area contributed by atoms with Crippen molar-refractivity contribution in [1.82, 2.24) is 14.7 Å². The molecule has 1 aliphatic rings. The average molecular weight is 406 g/mol. The van der Waals surface area contributed by atoms with E-state index in [2.05, 4.69) is 15.6 Å². The molecule has 0 saturated heterocycles. The van der Waals surface area contributed by atoms with Crippen molar-refractivity contribution >= 4 is 23.1 Å². The van der Waals surface area contributed by atoms with Crippen LogP contribution < -0.4 is 15.4 Å². The van der Waals surface area contributed by atoms with Gasteiger partial charge < -0.3 is 19.8 Å². The lowest BCUT2D eigenvalue weighted by Crippen LogP contribution is -2.47. The lowest BCUT2D eigenvalue weighted by molar-refractivity contribution is -0.126. The first kappa shape index (κ1) is 19.9. The van der Waals surface area contributed by atoms with Crippen LogP contribution in [0.4, 0.5) is 5.69 Å². The Bertz CT molecular complexity index is 1010. The van der Waals surface area contributed by atoms with Crippen LogP contribution >= 0.6 is 0 Å². The lowest BCUT2D eigenvalue weighted by atomic mass is 9.97. The summed E-state index contributed by atoms with van der Waals surface area (Å²) in [5.74, 6) is 0.450. The second-order valence-corrected chi connectivity index (χ2v) is 7.73. The molecule has 0 radical (unpaired) electrons. The van der Waals surface area contributed by atoms with Crippen molar-refractivity contribution in [3.63, 3.8) is 0 Å². The fourth-order valence-corrected chi connectivity index (χ4v) is 4.00. The smallest absolute Gasteiger partial charge is 0.247 e. The zero-order chi connectivity index (χ0) is 20.9. The molecule has 1 aliphatic carbocycles. The molecule has 7 nitrogen and oxygen atoms in total. The number of pyridine rings is 1. The van der Waals surface area contributed by atoms with Gasteiger partial charge >= 0.3 is 0 Å². The van der Waals surface area contributed by atoms with E-state index in [4.69, 9.17) is 4.74 Å². The molecule has 2 heterocycles. The van der Waals surface area contributed by atoms with Crippen molar-refractivity contribution in [2.24, 2.45) is 5.92 Å². The first-order valence-electron chi connectivity index (χ1n) is 10.3. The van der Waals surface area contributed by atoms with Crippen molar-refractivity contribution in [2.45, 2.75) is 45.3 Å². The van der Waals surface area contributed by atoms with E-state index in [0.717, 1.165) is 37.0 Å². The van der Waals surface area contributed by atoms with Crippen molar-refractivity contribution in [3.8, 4) is 5.75 Å². The third-order valence-electron chi connectivity index (χ3n) is 5.41. The summed E-state index contributed by atoms with van der Waals surface area (Å²) in [6.07, 6.45) is 7.99. The summed E-state index contributed by atoms with van der Waals surface area (Å²) in [4.78, 5) is 29.0. The molecule has 30 heavy (non-hydrogen) atoms. The Kier molecular flexibility index (Phi) is 5.97. The van der Waals surface area contributed by atoms with Gasteiger partial charge in [-0.05, 0) is 43.0 Å². The van der Waals surface area contributed by atoms with Crippen LogP contribution in [0.3, 0.4) is 0 Å². The van der Waals surface area contributed by atoms with Crippen LogP contribution in [0.1, 0.15) is 38.3 Å². The Morgan fingerprint density at radius 2 is 2.03 bits per heavy atom. The number of ether oxygens (including phenoxy) is 1. The highest BCUT2D eigenvalue weighted by atomic mass is 16.5. The summed E-state index contributed by atoms with van der Waals surface area (Å²) in [5, 5.41) is 5.75. The maximum atomic E-state index is 12.8. The van der Waals surface area contributed by atoms with Crippen LogP contribution in [0.2, 0.25) is 0 Å². The molecule has 156 valence electrons. The molecular weight excluding hydrogens is 380 g/mol. The van der Waals surface area contributed by atoms with Crippen LogP contribution in [0.15, 0.2) is 54.9 Å². The number of rotatable bonds is 7. The number of carbonyl (C=O) groups is 2. The third-order valence-corrected chi connectivity index (χ3v) is 5.41. The molecule has 1 saturated carbocycles. The van der Waals surface area contributed by atoms with E-state index in [1.165, 1.54) is 6.92 Å². The highest BCUT2D eigenvalue weighted by Gasteiger charge is 2.31. The molecule has 1 unspecified atom stereocenters. The normalized spacial score (nSPS) is 15.1. The van der Waals surface area contributed by atoms with E-state index in [0.29, 0.717) is 18.0 Å². The number of fused-ring (bicyclic) bond motifs is 1. The van der Waals surface area contributed by atoms with Crippen molar-refractivity contribution < 1.29 is 14.3 Å². The van der Waals surface area contributed by atoms with E-state index in [-0.39, 0.29) is 17.7 Å². The molecule has 2 aromatic heterocycles. The quantitative estimate of drug-likeness (QED) is 0.628. The number of amides is 2. The first-order valence-corrected chi connectivity index (χ1v) is 10.3. The number of benzene rings is 1. The van der Waals surface area contributed by atoms with Crippen molar-refractivity contribution in [2.75, 3.05) is 5.32 Å². The molecule has 4 rings (SSSR count). The minimum atomic E-state index is -0.507. The summed E-state index contributed by atoms with van der Waals surface area (Å²) in [7, 11) is 0. The predicted molar refractivity (Wildman–Crippen MR) is 114 cm³/mol. The van der Waals surface area contributed by atoms with Crippen LogP contribution in [0.25, 0.3) is 5.65 Å². The number of anilines is 1. The summed E-state index contributed by atoms with van der Waals surface area (Å²) in [5.41, 5.74) is 2.33. The topological polar surface area (TPSA) is 84.7 Å². The number of hydrogen-bond donors (Lipinski definition) is 2. The van der Waals surface area contributed by atoms with Crippen molar-refractivity contribution in [1.29, 1.82) is 0 Å². The molecule has 1 atom stereocenters. The van der Waals surface area contributed by atoms with E-state index >= 15 is 0 Å². The molecule has 3 aromatic rings. The Hall–Kier alpha value is -3.35. The zero-order valence-electron chi connectivity index (χ0n) is 17.0. The fraction of sp³-hybridized carbons (Fsp3) is 0.348. The van der Waals surface area contributed by atoms with Crippen LogP contribution in [-0.2, 0) is 16.2 Å². The molecule has 1 aromatic carbocycles. The molecular formula is C23H26N4O3. The number of imidazole rings is 1. The summed E-state index contributed by atoms with van der Waals surface area (Å²) in [6.45, 7) is 1.78. The standard InChI is InChI=1S/C23H26N4O3/c1-16(28)24-22(17-7-2-3-8-17)23(29)26-18-9-6-10-20(13-18)30-15-19-14-27-12-5-4-11-21(27)25-19/h4-6,9-14,17,22H,2-3,7-8,15H2,1H3,(H,24,28)(H,26,29). The SMILES string of the molecule is CC(=O)NC(C(=O)Nc1cccc(OCc2cn3ccccc3n2)c1)C1CCCC1. The Morgan fingerprint density at radius 3 is 2.80 bits per heavy atom. The van der Waals surface area contributed by atoms with Crippen LogP contribution in [0, 0.1) is 5.92 Å². The first-order chi connectivity index (χ1) is 14.6. The zero-order valence-corrected chi connectivity index (χ0v) is 17.0. The Morgan fingerprint density at radius 1 is 1.20 bits per heavy atom. The number of nitrogens with zero attached hydrogens (tertiary/aromatic N) is 2. The van der Waals surface area contributed by atoms with Gasteiger partial charge in [-0.3, -0.25) is 9.59 Å². The molecule has 7 heteroatoms. The van der Waals surface area contributed by atoms with Gasteiger partial charge in [0.25, 0.3) is 0 Å². The van der Waals surface area contributed by atoms with E-state index in [1.807, 2.05) is 53.2 Å². The fourth-order valence-electron chi connectivity index (χ4n) is 4.00. The van der Waals surface area contributed by atoms with Crippen LogP contribution in [0.5, 0.6) is 5.75 Å². The van der Waals surface area contributed by atoms with Gasteiger partial charge in [0.2, 0.25) is 11.8 Å². The molecule has 2 N–H and O–H groups in total. The second kappa shape index (κ2) is 8.98. The van der Waals surface area contributed by atoms with Crippen LogP contribution in [-0.4, -0.2) is 27.2 Å². The van der Waals surface area contributed by atoms with Gasteiger partial charge in [-0.2, -0.15) is 0 Å². The number of nitrogens with one attached hydrogen (secondary N) is 2. The maximum absolute atomic E-state index is 12.8. The minimum Gasteiger partial charge on any atom is -0.487 e.